The van der Waals surface area contributed by atoms with Gasteiger partial charge in [0.2, 0.25) is 0 Å². The average molecular weight is 298 g/mol. The van der Waals surface area contributed by atoms with E-state index in [9.17, 15) is 0 Å². The number of anilines is 2. The van der Waals surface area contributed by atoms with Crippen LogP contribution in [-0.2, 0) is 6.54 Å². The number of nitrogen functional groups attached to an aromatic ring is 1. The van der Waals surface area contributed by atoms with Gasteiger partial charge in [-0.2, -0.15) is 4.37 Å². The van der Waals surface area contributed by atoms with Gasteiger partial charge in [-0.15, -0.1) is 0 Å². The highest BCUT2D eigenvalue weighted by Crippen LogP contribution is 2.25. The molecule has 0 radical (unpaired) electrons. The van der Waals surface area contributed by atoms with Gasteiger partial charge < -0.3 is 11.1 Å². The summed E-state index contributed by atoms with van der Waals surface area (Å²) in [5.41, 5.74) is 7.94. The molecule has 0 fully saturated rings. The Balaban J connectivity index is 2.05. The predicted octanol–water partition coefficient (Wildman–Crippen LogP) is 3.41. The molecule has 0 unspecified atom stereocenters. The van der Waals surface area contributed by atoms with E-state index in [1.54, 1.807) is 0 Å². The maximum atomic E-state index is 5.69. The molecule has 1 aromatic carbocycles. The fourth-order valence-corrected chi connectivity index (χ4v) is 2.49. The van der Waals surface area contributed by atoms with Gasteiger partial charge in [-0.1, -0.05) is 28.1 Å². The van der Waals surface area contributed by atoms with E-state index in [-0.39, 0.29) is 0 Å². The van der Waals surface area contributed by atoms with Crippen LogP contribution in [0, 0.1) is 6.92 Å². The Bertz CT molecular complexity index is 496. The molecule has 0 aliphatic heterocycles. The summed E-state index contributed by atoms with van der Waals surface area (Å²) in [6.07, 6.45) is 0. The molecule has 84 valence electrons. The standard InChI is InChI=1S/C11H12BrN3S/c1-7-10(13)15-16-11(7)14-6-8-3-2-4-9(12)5-8/h2-5,14H,6H2,1H3,(H2,13,15). The predicted molar refractivity (Wildman–Crippen MR) is 72.7 cm³/mol. The van der Waals surface area contributed by atoms with E-state index in [4.69, 9.17) is 5.73 Å². The van der Waals surface area contributed by atoms with Crippen LogP contribution >= 0.6 is 27.5 Å². The van der Waals surface area contributed by atoms with Crippen molar-refractivity contribution < 1.29 is 0 Å². The van der Waals surface area contributed by atoms with Crippen LogP contribution in [0.1, 0.15) is 11.1 Å². The van der Waals surface area contributed by atoms with Crippen molar-refractivity contribution in [3.05, 3.63) is 39.9 Å². The monoisotopic (exact) mass is 297 g/mol. The average Bonchev–Trinajstić information content (AvgIpc) is 2.57. The summed E-state index contributed by atoms with van der Waals surface area (Å²) < 4.78 is 5.18. The number of rotatable bonds is 3. The van der Waals surface area contributed by atoms with E-state index < -0.39 is 0 Å². The molecule has 0 saturated carbocycles. The van der Waals surface area contributed by atoms with Crippen molar-refractivity contribution in [3.63, 3.8) is 0 Å². The first-order valence-corrected chi connectivity index (χ1v) is 6.43. The Labute approximate surface area is 107 Å². The van der Waals surface area contributed by atoms with E-state index in [1.165, 1.54) is 17.1 Å². The van der Waals surface area contributed by atoms with E-state index in [1.807, 2.05) is 19.1 Å². The van der Waals surface area contributed by atoms with E-state index in [0.717, 1.165) is 21.6 Å². The Morgan fingerprint density at radius 3 is 2.94 bits per heavy atom. The van der Waals surface area contributed by atoms with Crippen LogP contribution in [0.25, 0.3) is 0 Å². The van der Waals surface area contributed by atoms with Crippen LogP contribution in [0.3, 0.4) is 0 Å². The summed E-state index contributed by atoms with van der Waals surface area (Å²) in [6.45, 7) is 2.75. The molecule has 0 aliphatic carbocycles. The third-order valence-corrected chi connectivity index (χ3v) is 3.72. The van der Waals surface area contributed by atoms with Crippen LogP contribution in [0.4, 0.5) is 10.8 Å². The first kappa shape index (κ1) is 11.4. The van der Waals surface area contributed by atoms with Crippen LogP contribution in [-0.4, -0.2) is 4.37 Å². The minimum absolute atomic E-state index is 0.613. The van der Waals surface area contributed by atoms with E-state index in [2.05, 4.69) is 37.8 Å². The number of nitrogens with two attached hydrogens (primary N) is 1. The molecule has 0 saturated heterocycles. The first-order valence-electron chi connectivity index (χ1n) is 4.87. The van der Waals surface area contributed by atoms with Crippen LogP contribution < -0.4 is 11.1 Å². The summed E-state index contributed by atoms with van der Waals surface area (Å²) in [4.78, 5) is 0. The fourth-order valence-electron chi connectivity index (χ4n) is 1.34. The zero-order valence-electron chi connectivity index (χ0n) is 8.83. The van der Waals surface area contributed by atoms with Crippen molar-refractivity contribution in [2.45, 2.75) is 13.5 Å². The highest BCUT2D eigenvalue weighted by molar-refractivity contribution is 9.10. The second-order valence-corrected chi connectivity index (χ2v) is 5.19. The van der Waals surface area contributed by atoms with Crippen LogP contribution in [0.5, 0.6) is 0 Å². The normalized spacial score (nSPS) is 10.4. The largest absolute Gasteiger partial charge is 0.383 e. The van der Waals surface area contributed by atoms with Gasteiger partial charge in [0.1, 0.15) is 10.8 Å². The zero-order chi connectivity index (χ0) is 11.5. The summed E-state index contributed by atoms with van der Waals surface area (Å²) >= 11 is 4.85. The number of nitrogens with zero attached hydrogens (tertiary/aromatic N) is 1. The summed E-state index contributed by atoms with van der Waals surface area (Å²) in [6, 6.07) is 8.21. The van der Waals surface area contributed by atoms with Crippen molar-refractivity contribution in [1.29, 1.82) is 0 Å². The summed E-state index contributed by atoms with van der Waals surface area (Å²) in [5.74, 6) is 0.613. The molecule has 3 N–H and O–H groups in total. The van der Waals surface area contributed by atoms with Crippen molar-refractivity contribution in [2.75, 3.05) is 11.1 Å². The van der Waals surface area contributed by atoms with Gasteiger partial charge >= 0.3 is 0 Å². The molecule has 3 nitrogen and oxygen atoms in total. The fraction of sp³-hybridized carbons (Fsp3) is 0.182. The highest BCUT2D eigenvalue weighted by Gasteiger charge is 2.05. The number of aromatic nitrogens is 1. The third-order valence-electron chi connectivity index (χ3n) is 2.30. The molecule has 1 aromatic heterocycles. The van der Waals surface area contributed by atoms with Gasteiger partial charge in [0.25, 0.3) is 0 Å². The van der Waals surface area contributed by atoms with Crippen molar-refractivity contribution >= 4 is 38.3 Å². The van der Waals surface area contributed by atoms with Crippen LogP contribution in [0.2, 0.25) is 0 Å². The smallest absolute Gasteiger partial charge is 0.142 e. The Morgan fingerprint density at radius 1 is 1.50 bits per heavy atom. The quantitative estimate of drug-likeness (QED) is 0.913. The highest BCUT2D eigenvalue weighted by atomic mass is 79.9. The molecule has 5 heteroatoms. The first-order chi connectivity index (χ1) is 7.66. The van der Waals surface area contributed by atoms with E-state index in [0.29, 0.717) is 5.82 Å². The number of hydrogen-bond donors (Lipinski definition) is 2. The second kappa shape index (κ2) is 4.84. The van der Waals surface area contributed by atoms with Gasteiger partial charge in [0.15, 0.2) is 0 Å². The molecule has 0 spiro atoms. The van der Waals surface area contributed by atoms with Crippen molar-refractivity contribution in [1.82, 2.24) is 4.37 Å². The Kier molecular flexibility index (Phi) is 3.46. The van der Waals surface area contributed by atoms with Gasteiger partial charge in [-0.25, -0.2) is 0 Å². The lowest BCUT2D eigenvalue weighted by atomic mass is 10.2. The molecular weight excluding hydrogens is 286 g/mol. The molecule has 2 rings (SSSR count). The molecule has 0 amide bonds. The number of nitrogens with one attached hydrogen (secondary N) is 1. The topological polar surface area (TPSA) is 50.9 Å². The summed E-state index contributed by atoms with van der Waals surface area (Å²) in [7, 11) is 0. The minimum atomic E-state index is 0.613. The number of halogens is 1. The molecule has 16 heavy (non-hydrogen) atoms. The third kappa shape index (κ3) is 2.54. The van der Waals surface area contributed by atoms with Crippen molar-refractivity contribution in [3.8, 4) is 0 Å². The van der Waals surface area contributed by atoms with Gasteiger partial charge in [0.05, 0.1) is 0 Å². The van der Waals surface area contributed by atoms with E-state index >= 15 is 0 Å². The Morgan fingerprint density at radius 2 is 2.31 bits per heavy atom. The number of benzene rings is 1. The number of hydrogen-bond acceptors (Lipinski definition) is 4. The molecule has 0 aliphatic rings. The molecular formula is C11H12BrN3S. The lowest BCUT2D eigenvalue weighted by Gasteiger charge is -2.05. The van der Waals surface area contributed by atoms with Crippen molar-refractivity contribution in [2.24, 2.45) is 0 Å². The maximum absolute atomic E-state index is 5.69. The second-order valence-electron chi connectivity index (χ2n) is 3.51. The Hall–Kier alpha value is -1.07. The molecule has 2 aromatic rings. The maximum Gasteiger partial charge on any atom is 0.142 e. The molecule has 0 bridgehead atoms. The molecule has 1 heterocycles. The lowest BCUT2D eigenvalue weighted by molar-refractivity contribution is 1.15. The van der Waals surface area contributed by atoms with Gasteiger partial charge in [0, 0.05) is 16.6 Å². The minimum Gasteiger partial charge on any atom is -0.383 e. The lowest BCUT2D eigenvalue weighted by Crippen LogP contribution is -1.99. The molecule has 0 atom stereocenters. The van der Waals surface area contributed by atoms with Gasteiger partial charge in [-0.3, -0.25) is 0 Å². The summed E-state index contributed by atoms with van der Waals surface area (Å²) in [5, 5.41) is 4.37. The van der Waals surface area contributed by atoms with Crippen LogP contribution in [0.15, 0.2) is 28.7 Å². The van der Waals surface area contributed by atoms with Gasteiger partial charge in [-0.05, 0) is 36.2 Å². The zero-order valence-corrected chi connectivity index (χ0v) is 11.2. The SMILES string of the molecule is Cc1c(N)nsc1NCc1cccc(Br)c1.